The van der Waals surface area contributed by atoms with Crippen molar-refractivity contribution in [3.8, 4) is 0 Å². The molecule has 0 aromatic rings. The van der Waals surface area contributed by atoms with Crippen molar-refractivity contribution in [1.29, 1.82) is 0 Å². The largest absolute Gasteiger partial charge is 0.358 e. The second kappa shape index (κ2) is 15.7. The number of ether oxygens (including phenoxy) is 4. The van der Waals surface area contributed by atoms with E-state index in [0.717, 1.165) is 126 Å². The smallest absolute Gasteiger partial charge is 0.327 e. The molecule has 0 aromatic heterocycles. The van der Waals surface area contributed by atoms with Gasteiger partial charge in [-0.15, -0.1) is 0 Å². The lowest BCUT2D eigenvalue weighted by Gasteiger charge is -2.34. The maximum atomic E-state index is 14.3. The molecule has 6 fully saturated rings. The first kappa shape index (κ1) is 34.3. The van der Waals surface area contributed by atoms with E-state index in [2.05, 4.69) is 27.7 Å². The standard InChI is InChI=1S/C36H62N4O6/c1-25-5-13-29(14-6-25)43-21-37-33-34(39(35(37)41)23-45-31-17-9-27(3)10-18-31)40(24-46-32-19-11-28(4)12-20-32)36(42)38(33)22-44-30-15-7-26(2)8-16-30/h25-34H,5-24H2,1-4H3. The average Bonchev–Trinajstić information content (AvgIpc) is 3.48. The fourth-order valence-corrected chi connectivity index (χ4v) is 8.62. The minimum Gasteiger partial charge on any atom is -0.358 e. The van der Waals surface area contributed by atoms with Crippen LogP contribution < -0.4 is 0 Å². The van der Waals surface area contributed by atoms with Gasteiger partial charge < -0.3 is 18.9 Å². The number of fused-ring (bicyclic) bond motifs is 1. The summed E-state index contributed by atoms with van der Waals surface area (Å²) < 4.78 is 25.8. The molecule has 46 heavy (non-hydrogen) atoms. The van der Waals surface area contributed by atoms with Crippen molar-refractivity contribution in [3.63, 3.8) is 0 Å². The zero-order valence-corrected chi connectivity index (χ0v) is 29.2. The molecule has 2 saturated heterocycles. The van der Waals surface area contributed by atoms with E-state index in [9.17, 15) is 9.59 Å². The summed E-state index contributed by atoms with van der Waals surface area (Å²) in [4.78, 5) is 35.7. The van der Waals surface area contributed by atoms with Crippen LogP contribution in [0.25, 0.3) is 0 Å². The number of carbonyl (C=O) groups excluding carboxylic acids is 2. The highest BCUT2D eigenvalue weighted by Crippen LogP contribution is 2.38. The number of amides is 4. The molecule has 0 aromatic carbocycles. The molecule has 4 saturated carbocycles. The summed E-state index contributed by atoms with van der Waals surface area (Å²) in [6, 6.07) is -0.271. The Morgan fingerprint density at radius 1 is 0.391 bits per heavy atom. The first-order valence-electron chi connectivity index (χ1n) is 18.9. The highest BCUT2D eigenvalue weighted by Gasteiger charge is 2.60. The SMILES string of the molecule is CC1CCC(OCN2C(=O)N(COC3CCC(C)CC3)C3C2N(COC2CCC(C)CC2)C(=O)N3COC2CCC(C)CC2)CC1. The molecular formula is C36H62N4O6. The topological polar surface area (TPSA) is 84.0 Å². The van der Waals surface area contributed by atoms with Gasteiger partial charge in [0, 0.05) is 0 Å². The summed E-state index contributed by atoms with van der Waals surface area (Å²) in [5.74, 6) is 2.88. The molecule has 0 spiro atoms. The molecule has 10 nitrogen and oxygen atoms in total. The molecule has 0 unspecified atom stereocenters. The Hall–Kier alpha value is -1.62. The number of urea groups is 2. The lowest BCUT2D eigenvalue weighted by atomic mass is 9.89. The van der Waals surface area contributed by atoms with Gasteiger partial charge in [-0.05, 0) is 126 Å². The van der Waals surface area contributed by atoms with Gasteiger partial charge in [0.05, 0.1) is 24.4 Å². The van der Waals surface area contributed by atoms with Crippen molar-refractivity contribution in [2.24, 2.45) is 23.7 Å². The maximum absolute atomic E-state index is 14.3. The van der Waals surface area contributed by atoms with Crippen LogP contribution in [-0.4, -0.2) is 95.3 Å². The van der Waals surface area contributed by atoms with Crippen LogP contribution in [0.5, 0.6) is 0 Å². The van der Waals surface area contributed by atoms with Gasteiger partial charge in [0.1, 0.15) is 26.9 Å². The quantitative estimate of drug-likeness (QED) is 0.221. The first-order chi connectivity index (χ1) is 22.3. The zero-order valence-electron chi connectivity index (χ0n) is 29.2. The van der Waals surface area contributed by atoms with Gasteiger partial charge >= 0.3 is 12.1 Å². The summed E-state index contributed by atoms with van der Waals surface area (Å²) in [6.45, 7) is 9.86. The second-order valence-corrected chi connectivity index (χ2v) is 16.0. The van der Waals surface area contributed by atoms with Gasteiger partial charge in [-0.2, -0.15) is 0 Å². The fourth-order valence-electron chi connectivity index (χ4n) is 8.62. The zero-order chi connectivity index (χ0) is 32.2. The van der Waals surface area contributed by atoms with E-state index < -0.39 is 12.3 Å². The summed E-state index contributed by atoms with van der Waals surface area (Å²) in [7, 11) is 0. The number of carbonyl (C=O) groups is 2. The summed E-state index contributed by atoms with van der Waals surface area (Å²) in [6.07, 6.45) is 16.8. The van der Waals surface area contributed by atoms with E-state index in [4.69, 9.17) is 18.9 Å². The Morgan fingerprint density at radius 2 is 0.587 bits per heavy atom. The van der Waals surface area contributed by atoms with E-state index in [1.807, 2.05) is 0 Å². The van der Waals surface area contributed by atoms with Crippen molar-refractivity contribution < 1.29 is 28.5 Å². The van der Waals surface area contributed by atoms with Gasteiger partial charge in [-0.25, -0.2) is 9.59 Å². The molecular weight excluding hydrogens is 584 g/mol. The van der Waals surface area contributed by atoms with Crippen LogP contribution in [0.1, 0.15) is 130 Å². The first-order valence-corrected chi connectivity index (χ1v) is 18.9. The number of rotatable bonds is 12. The maximum Gasteiger partial charge on any atom is 0.327 e. The van der Waals surface area contributed by atoms with E-state index >= 15 is 0 Å². The molecule has 0 bridgehead atoms. The van der Waals surface area contributed by atoms with Crippen LogP contribution in [0.15, 0.2) is 0 Å². The third-order valence-corrected chi connectivity index (χ3v) is 12.2. The Labute approximate surface area is 277 Å². The number of hydrogen-bond acceptors (Lipinski definition) is 6. The highest BCUT2D eigenvalue weighted by atomic mass is 16.5. The normalized spacial score (nSPS) is 39.0. The van der Waals surface area contributed by atoms with Crippen molar-refractivity contribution in [2.75, 3.05) is 26.9 Å². The lowest BCUT2D eigenvalue weighted by molar-refractivity contribution is -0.0839. The molecule has 4 amide bonds. The fraction of sp³-hybridized carbons (Fsp3) is 0.944. The summed E-state index contributed by atoms with van der Waals surface area (Å²) in [5, 5.41) is 0. The third kappa shape index (κ3) is 8.15. The number of hydrogen-bond donors (Lipinski definition) is 0. The minimum absolute atomic E-state index is 0.135. The van der Waals surface area contributed by atoms with Crippen LogP contribution in [0.4, 0.5) is 9.59 Å². The third-order valence-electron chi connectivity index (χ3n) is 12.2. The van der Waals surface area contributed by atoms with E-state index in [-0.39, 0.29) is 63.4 Å². The van der Waals surface area contributed by atoms with Gasteiger partial charge in [0.2, 0.25) is 0 Å². The molecule has 2 aliphatic heterocycles. The summed E-state index contributed by atoms with van der Waals surface area (Å²) >= 11 is 0. The average molecular weight is 647 g/mol. The van der Waals surface area contributed by atoms with Gasteiger partial charge in [-0.3, -0.25) is 19.6 Å². The van der Waals surface area contributed by atoms with Crippen LogP contribution >= 0.6 is 0 Å². The van der Waals surface area contributed by atoms with E-state index in [1.165, 1.54) is 0 Å². The molecule has 6 aliphatic rings. The summed E-state index contributed by atoms with van der Waals surface area (Å²) in [5.41, 5.74) is 0. The predicted molar refractivity (Wildman–Crippen MR) is 175 cm³/mol. The predicted octanol–water partition coefficient (Wildman–Crippen LogP) is 7.33. The molecule has 0 radical (unpaired) electrons. The molecule has 262 valence electrons. The van der Waals surface area contributed by atoms with Gasteiger partial charge in [0.25, 0.3) is 0 Å². The Kier molecular flexibility index (Phi) is 11.7. The molecule has 4 aliphatic carbocycles. The van der Waals surface area contributed by atoms with E-state index in [0.29, 0.717) is 0 Å². The Bertz CT molecular complexity index is 835. The van der Waals surface area contributed by atoms with Crippen LogP contribution in [0.2, 0.25) is 0 Å². The lowest BCUT2D eigenvalue weighted by Crippen LogP contribution is -2.49. The molecule has 0 atom stereocenters. The van der Waals surface area contributed by atoms with E-state index in [1.54, 1.807) is 19.6 Å². The van der Waals surface area contributed by atoms with Crippen molar-refractivity contribution in [2.45, 2.75) is 167 Å². The Balaban J connectivity index is 1.20. The van der Waals surface area contributed by atoms with Gasteiger partial charge in [0.15, 0.2) is 12.3 Å². The highest BCUT2D eigenvalue weighted by molar-refractivity contribution is 5.85. The molecule has 6 rings (SSSR count). The number of nitrogens with zero attached hydrogens (tertiary/aromatic N) is 4. The Morgan fingerprint density at radius 3 is 0.783 bits per heavy atom. The molecule has 2 heterocycles. The van der Waals surface area contributed by atoms with Gasteiger partial charge in [-0.1, -0.05) is 27.7 Å². The van der Waals surface area contributed by atoms with Crippen molar-refractivity contribution >= 4 is 12.1 Å². The molecule has 0 N–H and O–H groups in total. The van der Waals surface area contributed by atoms with Crippen LogP contribution in [0.3, 0.4) is 0 Å². The minimum atomic E-state index is -0.519. The van der Waals surface area contributed by atoms with Crippen LogP contribution in [0, 0.1) is 23.7 Å². The molecule has 10 heteroatoms. The second-order valence-electron chi connectivity index (χ2n) is 16.0. The van der Waals surface area contributed by atoms with Crippen LogP contribution in [-0.2, 0) is 18.9 Å². The monoisotopic (exact) mass is 646 g/mol. The van der Waals surface area contributed by atoms with Crippen molar-refractivity contribution in [3.05, 3.63) is 0 Å². The van der Waals surface area contributed by atoms with Crippen molar-refractivity contribution in [1.82, 2.24) is 19.6 Å².